The summed E-state index contributed by atoms with van der Waals surface area (Å²) in [5, 5.41) is 12.2. The molecule has 4 rings (SSSR count). The summed E-state index contributed by atoms with van der Waals surface area (Å²) in [6.07, 6.45) is 2.59. The highest BCUT2D eigenvalue weighted by Gasteiger charge is 2.15. The lowest BCUT2D eigenvalue weighted by atomic mass is 10.1. The number of aryl methyl sites for hydroxylation is 1. The lowest BCUT2D eigenvalue weighted by molar-refractivity contribution is 0.436. The molecule has 138 valence electrons. The minimum atomic E-state index is -0.260. The molecular formula is C24H20N2O2. The molecule has 0 saturated carbocycles. The van der Waals surface area contributed by atoms with Crippen molar-refractivity contribution in [1.82, 2.24) is 4.57 Å². The average molecular weight is 368 g/mol. The van der Waals surface area contributed by atoms with Gasteiger partial charge in [-0.1, -0.05) is 55.5 Å². The molecule has 1 N–H and O–H groups in total. The maximum atomic E-state index is 13.0. The number of fused-ring (bicyclic) bond motifs is 1. The van der Waals surface area contributed by atoms with Gasteiger partial charge in [-0.2, -0.15) is 0 Å². The molecule has 1 heterocycles. The predicted octanol–water partition coefficient (Wildman–Crippen LogP) is 5.01. The van der Waals surface area contributed by atoms with Crippen LogP contribution in [-0.2, 0) is 6.42 Å². The summed E-state index contributed by atoms with van der Waals surface area (Å²) in [7, 11) is 0. The zero-order chi connectivity index (χ0) is 19.5. The van der Waals surface area contributed by atoms with E-state index in [1.807, 2.05) is 60.7 Å². The molecule has 3 aromatic carbocycles. The first-order chi connectivity index (χ1) is 13.7. The van der Waals surface area contributed by atoms with Crippen molar-refractivity contribution >= 4 is 22.7 Å². The molecule has 28 heavy (non-hydrogen) atoms. The standard InChI is InChI=1S/C24H20N2O2/c1-2-17-12-14-18(15-13-17)25-16-22-20-10-6-7-11-21(20)23(27)26(24(22)28)19-8-4-3-5-9-19/h3-16,28H,2H2,1H3. The minimum Gasteiger partial charge on any atom is -0.494 e. The maximum Gasteiger partial charge on any atom is 0.265 e. The van der Waals surface area contributed by atoms with Crippen LogP contribution in [0.3, 0.4) is 0 Å². The van der Waals surface area contributed by atoms with E-state index in [0.717, 1.165) is 12.1 Å². The van der Waals surface area contributed by atoms with Gasteiger partial charge in [-0.3, -0.25) is 9.79 Å². The summed E-state index contributed by atoms with van der Waals surface area (Å²) in [5.74, 6) is -0.121. The smallest absolute Gasteiger partial charge is 0.265 e. The summed E-state index contributed by atoms with van der Waals surface area (Å²) in [5.41, 5.74) is 2.89. The number of aromatic nitrogens is 1. The molecule has 0 radical (unpaired) electrons. The lowest BCUT2D eigenvalue weighted by Gasteiger charge is -2.13. The number of hydrogen-bond acceptors (Lipinski definition) is 3. The van der Waals surface area contributed by atoms with Crippen LogP contribution in [0.5, 0.6) is 5.88 Å². The second-order valence-electron chi connectivity index (χ2n) is 6.54. The van der Waals surface area contributed by atoms with E-state index in [9.17, 15) is 9.90 Å². The van der Waals surface area contributed by atoms with E-state index in [-0.39, 0.29) is 11.4 Å². The molecule has 0 atom stereocenters. The average Bonchev–Trinajstić information content (AvgIpc) is 2.75. The van der Waals surface area contributed by atoms with Crippen LogP contribution in [-0.4, -0.2) is 15.9 Å². The van der Waals surface area contributed by atoms with E-state index in [0.29, 0.717) is 22.0 Å². The summed E-state index contributed by atoms with van der Waals surface area (Å²) in [6.45, 7) is 2.11. The largest absolute Gasteiger partial charge is 0.494 e. The third-order valence-electron chi connectivity index (χ3n) is 4.81. The number of hydrogen-bond donors (Lipinski definition) is 1. The zero-order valence-corrected chi connectivity index (χ0v) is 15.5. The number of pyridine rings is 1. The van der Waals surface area contributed by atoms with E-state index in [2.05, 4.69) is 11.9 Å². The van der Waals surface area contributed by atoms with Crippen molar-refractivity contribution in [1.29, 1.82) is 0 Å². The van der Waals surface area contributed by atoms with Gasteiger partial charge in [-0.05, 0) is 42.3 Å². The zero-order valence-electron chi connectivity index (χ0n) is 15.5. The fraction of sp³-hybridized carbons (Fsp3) is 0.0833. The molecule has 1 aromatic heterocycles. The van der Waals surface area contributed by atoms with E-state index >= 15 is 0 Å². The highest BCUT2D eigenvalue weighted by molar-refractivity contribution is 6.02. The first kappa shape index (κ1) is 17.7. The van der Waals surface area contributed by atoms with Crippen molar-refractivity contribution in [2.75, 3.05) is 0 Å². The lowest BCUT2D eigenvalue weighted by Crippen LogP contribution is -2.20. The molecule has 0 saturated heterocycles. The number of para-hydroxylation sites is 1. The molecule has 0 aliphatic rings. The third kappa shape index (κ3) is 3.21. The van der Waals surface area contributed by atoms with Crippen LogP contribution in [0.15, 0.2) is 88.6 Å². The van der Waals surface area contributed by atoms with Gasteiger partial charge in [0.05, 0.1) is 16.9 Å². The van der Waals surface area contributed by atoms with Crippen LogP contribution in [0.1, 0.15) is 18.1 Å². The van der Waals surface area contributed by atoms with Gasteiger partial charge in [0.2, 0.25) is 5.88 Å². The van der Waals surface area contributed by atoms with Crippen LogP contribution in [0.2, 0.25) is 0 Å². The Balaban J connectivity index is 1.92. The second-order valence-corrected chi connectivity index (χ2v) is 6.54. The number of aromatic hydroxyl groups is 1. The molecule has 0 bridgehead atoms. The van der Waals surface area contributed by atoms with Crippen LogP contribution in [0.4, 0.5) is 5.69 Å². The first-order valence-corrected chi connectivity index (χ1v) is 9.24. The first-order valence-electron chi connectivity index (χ1n) is 9.24. The fourth-order valence-electron chi connectivity index (χ4n) is 3.26. The van der Waals surface area contributed by atoms with Gasteiger partial charge in [0.25, 0.3) is 5.56 Å². The Morgan fingerprint density at radius 2 is 1.54 bits per heavy atom. The maximum absolute atomic E-state index is 13.0. The highest BCUT2D eigenvalue weighted by Crippen LogP contribution is 2.26. The molecule has 0 spiro atoms. The Kier molecular flexibility index (Phi) is 4.77. The van der Waals surface area contributed by atoms with Gasteiger partial charge >= 0.3 is 0 Å². The Morgan fingerprint density at radius 3 is 2.21 bits per heavy atom. The van der Waals surface area contributed by atoms with Gasteiger partial charge in [-0.15, -0.1) is 0 Å². The monoisotopic (exact) mass is 368 g/mol. The number of nitrogens with zero attached hydrogens (tertiary/aromatic N) is 2. The molecular weight excluding hydrogens is 348 g/mol. The minimum absolute atomic E-state index is 0.121. The quantitative estimate of drug-likeness (QED) is 0.515. The van der Waals surface area contributed by atoms with Crippen LogP contribution in [0, 0.1) is 0 Å². The molecule has 4 aromatic rings. The predicted molar refractivity (Wildman–Crippen MR) is 114 cm³/mol. The van der Waals surface area contributed by atoms with Crippen molar-refractivity contribution < 1.29 is 5.11 Å². The van der Waals surface area contributed by atoms with Crippen molar-refractivity contribution in [2.24, 2.45) is 4.99 Å². The summed E-state index contributed by atoms with van der Waals surface area (Å²) >= 11 is 0. The van der Waals surface area contributed by atoms with Crippen molar-refractivity contribution in [2.45, 2.75) is 13.3 Å². The van der Waals surface area contributed by atoms with Gasteiger partial charge < -0.3 is 5.11 Å². The number of aliphatic imine (C=N–C) groups is 1. The van der Waals surface area contributed by atoms with Crippen LogP contribution in [0.25, 0.3) is 16.5 Å². The summed E-state index contributed by atoms with van der Waals surface area (Å²) < 4.78 is 1.32. The summed E-state index contributed by atoms with van der Waals surface area (Å²) in [6, 6.07) is 24.3. The Morgan fingerprint density at radius 1 is 0.893 bits per heavy atom. The van der Waals surface area contributed by atoms with Crippen molar-refractivity contribution in [3.8, 4) is 11.6 Å². The molecule has 4 heteroatoms. The van der Waals surface area contributed by atoms with E-state index in [4.69, 9.17) is 0 Å². The van der Waals surface area contributed by atoms with Crippen LogP contribution >= 0.6 is 0 Å². The van der Waals surface area contributed by atoms with Gasteiger partial charge in [0.1, 0.15) is 0 Å². The van der Waals surface area contributed by atoms with E-state index < -0.39 is 0 Å². The SMILES string of the molecule is CCc1ccc(N=Cc2c(O)n(-c3ccccc3)c(=O)c3ccccc23)cc1. The van der Waals surface area contributed by atoms with Crippen LogP contribution < -0.4 is 5.56 Å². The summed E-state index contributed by atoms with van der Waals surface area (Å²) in [4.78, 5) is 17.5. The topological polar surface area (TPSA) is 54.6 Å². The molecule has 4 nitrogen and oxygen atoms in total. The van der Waals surface area contributed by atoms with Crippen molar-refractivity contribution in [3.05, 3.63) is 100 Å². The molecule has 0 unspecified atom stereocenters. The molecule has 0 aliphatic carbocycles. The second kappa shape index (κ2) is 7.53. The third-order valence-corrected chi connectivity index (χ3v) is 4.81. The Bertz CT molecular complexity index is 1210. The van der Waals surface area contributed by atoms with Gasteiger partial charge in [-0.25, -0.2) is 4.57 Å². The molecule has 0 amide bonds. The van der Waals surface area contributed by atoms with E-state index in [1.165, 1.54) is 10.1 Å². The fourth-order valence-corrected chi connectivity index (χ4v) is 3.26. The molecule has 0 fully saturated rings. The Hall–Kier alpha value is -3.66. The Labute approximate surface area is 163 Å². The molecule has 0 aliphatic heterocycles. The highest BCUT2D eigenvalue weighted by atomic mass is 16.3. The van der Waals surface area contributed by atoms with Gasteiger partial charge in [0.15, 0.2) is 0 Å². The van der Waals surface area contributed by atoms with E-state index in [1.54, 1.807) is 24.4 Å². The van der Waals surface area contributed by atoms with Gasteiger partial charge in [0, 0.05) is 17.0 Å². The number of benzene rings is 3. The van der Waals surface area contributed by atoms with Crippen molar-refractivity contribution in [3.63, 3.8) is 0 Å². The normalized spacial score (nSPS) is 11.3. The number of rotatable bonds is 4.